The zero-order chi connectivity index (χ0) is 19.7. The highest BCUT2D eigenvalue weighted by Gasteiger charge is 2.38. The summed E-state index contributed by atoms with van der Waals surface area (Å²) < 4.78 is 13.3. The second-order valence-electron chi connectivity index (χ2n) is 8.41. The van der Waals surface area contributed by atoms with Gasteiger partial charge in [-0.1, -0.05) is 11.6 Å². The zero-order valence-corrected chi connectivity index (χ0v) is 16.7. The van der Waals surface area contributed by atoms with Gasteiger partial charge in [-0.3, -0.25) is 14.5 Å². The van der Waals surface area contributed by atoms with Crippen LogP contribution in [-0.2, 0) is 4.79 Å². The Hall–Kier alpha value is -1.66. The molecule has 7 heteroatoms. The Balaban J connectivity index is 1.33. The monoisotopic (exact) mass is 407 g/mol. The minimum atomic E-state index is -0.531. The third-order valence-electron chi connectivity index (χ3n) is 5.98. The summed E-state index contributed by atoms with van der Waals surface area (Å²) in [6.45, 7) is 1.53. The standard InChI is InChI=1S/C21H27ClFN3O2/c22-18-9-14(3-8-19(18)23)21(28)24-11-17-7-6-16(26(17)12-13-1-2-13)10-20(27)25-15-4-5-15/h3,8-9,13,15-17H,1-2,4-7,10-12H2,(H,24,28)(H,25,27)/t16-,17+/m1/s1. The molecule has 2 N–H and O–H groups in total. The van der Waals surface area contributed by atoms with E-state index in [1.807, 2.05) is 0 Å². The van der Waals surface area contributed by atoms with E-state index in [9.17, 15) is 14.0 Å². The fraction of sp³-hybridized carbons (Fsp3) is 0.619. The van der Waals surface area contributed by atoms with Crippen molar-refractivity contribution < 1.29 is 14.0 Å². The fourth-order valence-corrected chi connectivity index (χ4v) is 4.21. The maximum Gasteiger partial charge on any atom is 0.251 e. The predicted octanol–water partition coefficient (Wildman–Crippen LogP) is 3.12. The summed E-state index contributed by atoms with van der Waals surface area (Å²) in [5, 5.41) is 6.00. The molecule has 1 aliphatic heterocycles. The SMILES string of the molecule is O=C(C[C@H]1CC[C@@H](CNC(=O)c2ccc(F)c(Cl)c2)N1CC1CC1)NC1CC1. The summed E-state index contributed by atoms with van der Waals surface area (Å²) in [5.74, 6) is 0.0975. The first-order chi connectivity index (χ1) is 13.5. The molecule has 0 bridgehead atoms. The molecule has 0 radical (unpaired) electrons. The van der Waals surface area contributed by atoms with Gasteiger partial charge in [0.2, 0.25) is 5.91 Å². The van der Waals surface area contributed by atoms with E-state index in [1.54, 1.807) is 0 Å². The van der Waals surface area contributed by atoms with Gasteiger partial charge in [0, 0.05) is 43.2 Å². The third kappa shape index (κ3) is 5.03. The van der Waals surface area contributed by atoms with Crippen LogP contribution in [0.5, 0.6) is 0 Å². The lowest BCUT2D eigenvalue weighted by atomic mass is 10.1. The summed E-state index contributed by atoms with van der Waals surface area (Å²) in [4.78, 5) is 27.1. The van der Waals surface area contributed by atoms with E-state index in [0.717, 1.165) is 38.1 Å². The van der Waals surface area contributed by atoms with Crippen LogP contribution in [0, 0.1) is 11.7 Å². The van der Waals surface area contributed by atoms with Crippen molar-refractivity contribution in [3.63, 3.8) is 0 Å². The molecule has 28 heavy (non-hydrogen) atoms. The number of carbonyl (C=O) groups is 2. The molecule has 1 saturated heterocycles. The molecule has 152 valence electrons. The number of halogens is 2. The molecule has 0 unspecified atom stereocenters. The Labute approximate surface area is 170 Å². The number of nitrogens with zero attached hydrogens (tertiary/aromatic N) is 1. The van der Waals surface area contributed by atoms with Gasteiger partial charge in [-0.2, -0.15) is 0 Å². The van der Waals surface area contributed by atoms with Crippen molar-refractivity contribution in [3.05, 3.63) is 34.6 Å². The van der Waals surface area contributed by atoms with Crippen LogP contribution < -0.4 is 10.6 Å². The number of hydrogen-bond donors (Lipinski definition) is 2. The normalized spacial score (nSPS) is 24.9. The van der Waals surface area contributed by atoms with Crippen LogP contribution in [0.2, 0.25) is 5.02 Å². The van der Waals surface area contributed by atoms with Crippen LogP contribution in [0.1, 0.15) is 55.3 Å². The lowest BCUT2D eigenvalue weighted by Gasteiger charge is -2.30. The van der Waals surface area contributed by atoms with Gasteiger partial charge >= 0.3 is 0 Å². The van der Waals surface area contributed by atoms with Crippen molar-refractivity contribution >= 4 is 23.4 Å². The summed E-state index contributed by atoms with van der Waals surface area (Å²) in [7, 11) is 0. The van der Waals surface area contributed by atoms with E-state index in [0.29, 0.717) is 24.6 Å². The van der Waals surface area contributed by atoms with Gasteiger partial charge in [0.05, 0.1) is 5.02 Å². The van der Waals surface area contributed by atoms with E-state index in [4.69, 9.17) is 11.6 Å². The highest BCUT2D eigenvalue weighted by Crippen LogP contribution is 2.35. The number of nitrogens with one attached hydrogen (secondary N) is 2. The Morgan fingerprint density at radius 1 is 1.11 bits per heavy atom. The Morgan fingerprint density at radius 2 is 1.86 bits per heavy atom. The van der Waals surface area contributed by atoms with Gasteiger partial charge in [0.15, 0.2) is 0 Å². The Morgan fingerprint density at radius 3 is 2.54 bits per heavy atom. The summed E-state index contributed by atoms with van der Waals surface area (Å²) >= 11 is 5.78. The largest absolute Gasteiger partial charge is 0.353 e. The highest BCUT2D eigenvalue weighted by atomic mass is 35.5. The molecule has 4 rings (SSSR count). The molecule has 1 aromatic carbocycles. The topological polar surface area (TPSA) is 61.4 Å². The Kier molecular flexibility index (Phi) is 5.88. The van der Waals surface area contributed by atoms with Crippen molar-refractivity contribution in [2.24, 2.45) is 5.92 Å². The smallest absolute Gasteiger partial charge is 0.251 e. The lowest BCUT2D eigenvalue weighted by molar-refractivity contribution is -0.122. The van der Waals surface area contributed by atoms with Gasteiger partial charge in [-0.15, -0.1) is 0 Å². The van der Waals surface area contributed by atoms with Crippen LogP contribution in [0.3, 0.4) is 0 Å². The second-order valence-corrected chi connectivity index (χ2v) is 8.82. The molecule has 1 aromatic rings. The minimum absolute atomic E-state index is 0.0504. The average Bonchev–Trinajstić information content (AvgIpc) is 3.58. The van der Waals surface area contributed by atoms with Gasteiger partial charge in [0.1, 0.15) is 5.82 Å². The van der Waals surface area contributed by atoms with Crippen molar-refractivity contribution in [1.82, 2.24) is 15.5 Å². The number of likely N-dealkylation sites (tertiary alicyclic amines) is 1. The number of rotatable bonds is 8. The van der Waals surface area contributed by atoms with Crippen LogP contribution in [0.25, 0.3) is 0 Å². The Bertz CT molecular complexity index is 751. The average molecular weight is 408 g/mol. The molecule has 1 heterocycles. The lowest BCUT2D eigenvalue weighted by Crippen LogP contribution is -2.45. The van der Waals surface area contributed by atoms with E-state index < -0.39 is 5.82 Å². The minimum Gasteiger partial charge on any atom is -0.353 e. The maximum atomic E-state index is 13.3. The van der Waals surface area contributed by atoms with Gasteiger partial charge in [0.25, 0.3) is 5.91 Å². The summed E-state index contributed by atoms with van der Waals surface area (Å²) in [5.41, 5.74) is 0.360. The molecule has 3 aliphatic rings. The fourth-order valence-electron chi connectivity index (χ4n) is 4.03. The molecule has 0 aromatic heterocycles. The molecule has 2 aliphatic carbocycles. The maximum absolute atomic E-state index is 13.3. The van der Waals surface area contributed by atoms with E-state index in [1.165, 1.54) is 31.0 Å². The quantitative estimate of drug-likeness (QED) is 0.696. The molecular formula is C21H27ClFN3O2. The molecule has 0 spiro atoms. The summed E-state index contributed by atoms with van der Waals surface area (Å²) in [6.07, 6.45) is 7.21. The van der Waals surface area contributed by atoms with Crippen LogP contribution in [0.15, 0.2) is 18.2 Å². The second kappa shape index (κ2) is 8.37. The van der Waals surface area contributed by atoms with Crippen molar-refractivity contribution in [2.45, 2.75) is 63.1 Å². The van der Waals surface area contributed by atoms with Gasteiger partial charge < -0.3 is 10.6 Å². The number of benzene rings is 1. The molecule has 2 saturated carbocycles. The van der Waals surface area contributed by atoms with Crippen molar-refractivity contribution in [1.29, 1.82) is 0 Å². The highest BCUT2D eigenvalue weighted by molar-refractivity contribution is 6.31. The number of hydrogen-bond acceptors (Lipinski definition) is 3. The van der Waals surface area contributed by atoms with E-state index >= 15 is 0 Å². The molecule has 2 atom stereocenters. The van der Waals surface area contributed by atoms with Crippen molar-refractivity contribution in [3.8, 4) is 0 Å². The summed E-state index contributed by atoms with van der Waals surface area (Å²) in [6, 6.07) is 4.89. The van der Waals surface area contributed by atoms with E-state index in [2.05, 4.69) is 15.5 Å². The number of carbonyl (C=O) groups excluding carboxylic acids is 2. The van der Waals surface area contributed by atoms with E-state index in [-0.39, 0.29) is 28.9 Å². The first-order valence-electron chi connectivity index (χ1n) is 10.3. The first-order valence-corrected chi connectivity index (χ1v) is 10.7. The zero-order valence-electron chi connectivity index (χ0n) is 15.9. The van der Waals surface area contributed by atoms with Crippen molar-refractivity contribution in [2.75, 3.05) is 13.1 Å². The molecule has 3 fully saturated rings. The van der Waals surface area contributed by atoms with Gasteiger partial charge in [-0.05, 0) is 62.6 Å². The predicted molar refractivity (Wildman–Crippen MR) is 106 cm³/mol. The molecule has 5 nitrogen and oxygen atoms in total. The van der Waals surface area contributed by atoms with Crippen LogP contribution in [0.4, 0.5) is 4.39 Å². The first kappa shape index (κ1) is 19.6. The number of amides is 2. The molecular weight excluding hydrogens is 381 g/mol. The van der Waals surface area contributed by atoms with Gasteiger partial charge in [-0.25, -0.2) is 4.39 Å². The molecule has 2 amide bonds. The van der Waals surface area contributed by atoms with Crippen LogP contribution in [-0.4, -0.2) is 47.9 Å². The third-order valence-corrected chi connectivity index (χ3v) is 6.27. The van der Waals surface area contributed by atoms with Crippen LogP contribution >= 0.6 is 11.6 Å².